The predicted octanol–water partition coefficient (Wildman–Crippen LogP) is 3.67. The van der Waals surface area contributed by atoms with E-state index in [1.54, 1.807) is 6.07 Å². The molecule has 7 heteroatoms. The molecule has 0 amide bonds. The summed E-state index contributed by atoms with van der Waals surface area (Å²) in [7, 11) is 0. The number of rotatable bonds is 5. The minimum Gasteiger partial charge on any atom is -0.370 e. The fraction of sp³-hybridized carbons (Fsp3) is 0.692. The molecule has 0 aromatic carbocycles. The van der Waals surface area contributed by atoms with Crippen LogP contribution in [0.2, 0.25) is 0 Å². The topological polar surface area (TPSA) is 49.8 Å². The van der Waals surface area contributed by atoms with Crippen molar-refractivity contribution >= 4 is 11.6 Å². The first-order chi connectivity index (χ1) is 9.49. The lowest BCUT2D eigenvalue weighted by molar-refractivity contribution is -0.144. The molecule has 20 heavy (non-hydrogen) atoms. The second-order valence-electron chi connectivity index (χ2n) is 5.01. The van der Waals surface area contributed by atoms with E-state index in [0.29, 0.717) is 6.54 Å². The van der Waals surface area contributed by atoms with Gasteiger partial charge in [-0.3, -0.25) is 0 Å². The van der Waals surface area contributed by atoms with Gasteiger partial charge < -0.3 is 10.6 Å². The summed E-state index contributed by atoms with van der Waals surface area (Å²) < 4.78 is 38.4. The molecule has 1 heterocycles. The van der Waals surface area contributed by atoms with Crippen molar-refractivity contribution in [2.24, 2.45) is 0 Å². The molecule has 1 aromatic rings. The third kappa shape index (κ3) is 3.98. The summed E-state index contributed by atoms with van der Waals surface area (Å²) in [5, 5.41) is 5.96. The zero-order valence-electron chi connectivity index (χ0n) is 11.4. The Hall–Kier alpha value is -1.53. The van der Waals surface area contributed by atoms with E-state index in [2.05, 4.69) is 20.6 Å². The molecule has 0 unspecified atom stereocenters. The maximum Gasteiger partial charge on any atom is 0.451 e. The number of hydrogen-bond donors (Lipinski definition) is 2. The molecular formula is C13H19F3N4. The molecular weight excluding hydrogens is 269 g/mol. The minimum absolute atomic E-state index is 0.213. The number of nitrogens with zero attached hydrogens (tertiary/aromatic N) is 2. The summed E-state index contributed by atoms with van der Waals surface area (Å²) in [4.78, 5) is 7.12. The first kappa shape index (κ1) is 14.9. The Labute approximate surface area is 116 Å². The van der Waals surface area contributed by atoms with Crippen molar-refractivity contribution < 1.29 is 13.2 Å². The van der Waals surface area contributed by atoms with Gasteiger partial charge in [-0.15, -0.1) is 0 Å². The molecule has 1 aliphatic carbocycles. The molecule has 0 spiro atoms. The number of nitrogens with one attached hydrogen (secondary N) is 2. The number of halogens is 3. The van der Waals surface area contributed by atoms with Gasteiger partial charge in [0.25, 0.3) is 0 Å². The highest BCUT2D eigenvalue weighted by atomic mass is 19.4. The summed E-state index contributed by atoms with van der Waals surface area (Å²) in [6.07, 6.45) is 0.449. The number of alkyl halides is 3. The van der Waals surface area contributed by atoms with Gasteiger partial charge in [-0.2, -0.15) is 13.2 Å². The smallest absolute Gasteiger partial charge is 0.370 e. The van der Waals surface area contributed by atoms with Crippen molar-refractivity contribution in [2.75, 3.05) is 17.2 Å². The fourth-order valence-corrected chi connectivity index (χ4v) is 2.27. The lowest BCUT2D eigenvalue weighted by Crippen LogP contribution is -2.19. The van der Waals surface area contributed by atoms with Gasteiger partial charge in [0.05, 0.1) is 0 Å². The van der Waals surface area contributed by atoms with Crippen LogP contribution in [0, 0.1) is 0 Å². The third-order valence-corrected chi connectivity index (χ3v) is 3.24. The molecule has 1 saturated carbocycles. The summed E-state index contributed by atoms with van der Waals surface area (Å²) in [5.74, 6) is -0.633. The van der Waals surface area contributed by atoms with Crippen LogP contribution in [0.3, 0.4) is 0 Å². The second-order valence-corrected chi connectivity index (χ2v) is 5.01. The predicted molar refractivity (Wildman–Crippen MR) is 71.7 cm³/mol. The Kier molecular flexibility index (Phi) is 4.67. The molecule has 1 aliphatic rings. The van der Waals surface area contributed by atoms with E-state index in [4.69, 9.17) is 0 Å². The summed E-state index contributed by atoms with van der Waals surface area (Å²) >= 11 is 0. The maximum absolute atomic E-state index is 12.8. The molecule has 0 saturated heterocycles. The third-order valence-electron chi connectivity index (χ3n) is 3.24. The number of anilines is 2. The lowest BCUT2D eigenvalue weighted by Gasteiger charge is -2.15. The largest absolute Gasteiger partial charge is 0.451 e. The minimum atomic E-state index is -4.53. The van der Waals surface area contributed by atoms with Crippen LogP contribution < -0.4 is 10.6 Å². The molecule has 0 bridgehead atoms. The summed E-state index contributed by atoms with van der Waals surface area (Å²) in [6.45, 7) is 2.52. The van der Waals surface area contributed by atoms with Gasteiger partial charge >= 0.3 is 6.18 Å². The van der Waals surface area contributed by atoms with Crippen LogP contribution in [-0.2, 0) is 6.18 Å². The van der Waals surface area contributed by atoms with Gasteiger partial charge in [-0.1, -0.05) is 19.8 Å². The number of hydrogen-bond acceptors (Lipinski definition) is 4. The first-order valence-corrected chi connectivity index (χ1v) is 6.95. The fourth-order valence-electron chi connectivity index (χ4n) is 2.27. The van der Waals surface area contributed by atoms with Crippen molar-refractivity contribution in [3.05, 3.63) is 11.9 Å². The molecule has 0 aliphatic heterocycles. The van der Waals surface area contributed by atoms with Gasteiger partial charge in [0.2, 0.25) is 5.82 Å². The highest BCUT2D eigenvalue weighted by Gasteiger charge is 2.35. The molecule has 1 aromatic heterocycles. The second kappa shape index (κ2) is 6.28. The quantitative estimate of drug-likeness (QED) is 0.868. The zero-order chi connectivity index (χ0) is 14.6. The van der Waals surface area contributed by atoms with E-state index in [1.807, 2.05) is 6.92 Å². The van der Waals surface area contributed by atoms with Gasteiger partial charge in [-0.25, -0.2) is 9.97 Å². The molecule has 2 N–H and O–H groups in total. The molecule has 0 radical (unpaired) electrons. The molecule has 2 rings (SSSR count). The van der Waals surface area contributed by atoms with Crippen molar-refractivity contribution in [3.8, 4) is 0 Å². The lowest BCUT2D eigenvalue weighted by atomic mass is 10.2. The van der Waals surface area contributed by atoms with E-state index < -0.39 is 12.0 Å². The maximum atomic E-state index is 12.8. The standard InChI is InChI=1S/C13H19F3N4/c1-2-7-17-10-8-11(18-9-5-3-4-6-9)20-12(19-10)13(14,15)16/h8-9H,2-7H2,1H3,(H2,17,18,19,20). The van der Waals surface area contributed by atoms with Crippen molar-refractivity contribution in [2.45, 2.75) is 51.2 Å². The Bertz CT molecular complexity index is 442. The van der Waals surface area contributed by atoms with Crippen LogP contribution in [0.1, 0.15) is 44.9 Å². The summed E-state index contributed by atoms with van der Waals surface area (Å²) in [5.41, 5.74) is 0. The molecule has 1 fully saturated rings. The van der Waals surface area contributed by atoms with Crippen LogP contribution in [-0.4, -0.2) is 22.6 Å². The van der Waals surface area contributed by atoms with E-state index in [-0.39, 0.29) is 17.7 Å². The van der Waals surface area contributed by atoms with Gasteiger partial charge in [0.15, 0.2) is 0 Å². The van der Waals surface area contributed by atoms with Crippen molar-refractivity contribution in [1.82, 2.24) is 9.97 Å². The van der Waals surface area contributed by atoms with Crippen LogP contribution >= 0.6 is 0 Å². The first-order valence-electron chi connectivity index (χ1n) is 6.95. The Morgan fingerprint density at radius 3 is 2.45 bits per heavy atom. The Balaban J connectivity index is 2.19. The SMILES string of the molecule is CCCNc1cc(NC2CCCC2)nc(C(F)(F)F)n1. The zero-order valence-corrected chi connectivity index (χ0v) is 11.4. The van der Waals surface area contributed by atoms with E-state index in [9.17, 15) is 13.2 Å². The molecule has 4 nitrogen and oxygen atoms in total. The normalized spacial score (nSPS) is 16.4. The Morgan fingerprint density at radius 1 is 1.20 bits per heavy atom. The van der Waals surface area contributed by atoms with Crippen LogP contribution in [0.15, 0.2) is 6.07 Å². The molecule has 0 atom stereocenters. The highest BCUT2D eigenvalue weighted by molar-refractivity contribution is 5.48. The van der Waals surface area contributed by atoms with Gasteiger partial charge in [0, 0.05) is 18.7 Å². The van der Waals surface area contributed by atoms with E-state index >= 15 is 0 Å². The van der Waals surface area contributed by atoms with Crippen LogP contribution in [0.4, 0.5) is 24.8 Å². The highest BCUT2D eigenvalue weighted by Crippen LogP contribution is 2.29. The number of aromatic nitrogens is 2. The van der Waals surface area contributed by atoms with Gasteiger partial charge in [-0.05, 0) is 19.3 Å². The average molecular weight is 288 g/mol. The Morgan fingerprint density at radius 2 is 1.85 bits per heavy atom. The van der Waals surface area contributed by atoms with Crippen molar-refractivity contribution in [3.63, 3.8) is 0 Å². The molecule has 112 valence electrons. The summed E-state index contributed by atoms with van der Waals surface area (Å²) in [6, 6.07) is 1.76. The van der Waals surface area contributed by atoms with Crippen LogP contribution in [0.5, 0.6) is 0 Å². The monoisotopic (exact) mass is 288 g/mol. The van der Waals surface area contributed by atoms with Crippen molar-refractivity contribution in [1.29, 1.82) is 0 Å². The van der Waals surface area contributed by atoms with Gasteiger partial charge in [0.1, 0.15) is 11.6 Å². The van der Waals surface area contributed by atoms with E-state index in [0.717, 1.165) is 32.1 Å². The average Bonchev–Trinajstić information content (AvgIpc) is 2.88. The van der Waals surface area contributed by atoms with Crippen LogP contribution in [0.25, 0.3) is 0 Å². The van der Waals surface area contributed by atoms with E-state index in [1.165, 1.54) is 0 Å².